The van der Waals surface area contributed by atoms with Crippen molar-refractivity contribution in [3.8, 4) is 0 Å². The highest BCUT2D eigenvalue weighted by atomic mass is 19.1. The van der Waals surface area contributed by atoms with Crippen LogP contribution in [0.4, 0.5) is 4.39 Å². The van der Waals surface area contributed by atoms with Crippen molar-refractivity contribution in [1.82, 2.24) is 26.2 Å². The van der Waals surface area contributed by atoms with Gasteiger partial charge in [0.2, 0.25) is 17.7 Å². The summed E-state index contributed by atoms with van der Waals surface area (Å²) in [4.78, 5) is 43.0. The van der Waals surface area contributed by atoms with Gasteiger partial charge in [-0.15, -0.1) is 0 Å². The van der Waals surface area contributed by atoms with Gasteiger partial charge in [-0.05, 0) is 88.8 Å². The molecule has 232 valence electrons. The molecular weight excluding hydrogens is 533 g/mol. The van der Waals surface area contributed by atoms with E-state index in [2.05, 4.69) is 21.3 Å². The Kier molecular flexibility index (Phi) is 9.57. The molecule has 9 heteroatoms. The number of amides is 3. The molecule has 2 saturated carbocycles. The first-order valence-corrected chi connectivity index (χ1v) is 16.2. The fourth-order valence-electron chi connectivity index (χ4n) is 7.32. The van der Waals surface area contributed by atoms with E-state index in [1.54, 1.807) is 12.1 Å². The molecule has 8 nitrogen and oxygen atoms in total. The predicted molar refractivity (Wildman–Crippen MR) is 161 cm³/mol. The van der Waals surface area contributed by atoms with E-state index in [-0.39, 0.29) is 35.5 Å². The number of nitrogens with zero attached hydrogens (tertiary/aromatic N) is 1. The smallest absolute Gasteiger partial charge is 0.245 e. The molecule has 4 aliphatic rings. The number of carbonyl (C=O) groups excluding carboxylic acids is 3. The van der Waals surface area contributed by atoms with E-state index >= 15 is 0 Å². The summed E-state index contributed by atoms with van der Waals surface area (Å²) >= 11 is 0. The normalized spacial score (nSPS) is 25.9. The Bertz CT molecular complexity index is 1090. The van der Waals surface area contributed by atoms with Gasteiger partial charge in [0.15, 0.2) is 0 Å². The Morgan fingerprint density at radius 2 is 1.64 bits per heavy atom. The number of hydrogen-bond donors (Lipinski definition) is 4. The van der Waals surface area contributed by atoms with Crippen molar-refractivity contribution in [3.63, 3.8) is 0 Å². The third-order valence-electron chi connectivity index (χ3n) is 9.94. The molecular formula is C33H50FN5O3. The lowest BCUT2D eigenvalue weighted by atomic mass is 9.63. The minimum absolute atomic E-state index is 0.116. The van der Waals surface area contributed by atoms with Gasteiger partial charge in [-0.1, -0.05) is 31.4 Å². The van der Waals surface area contributed by atoms with Crippen LogP contribution in [0.1, 0.15) is 84.1 Å². The van der Waals surface area contributed by atoms with Crippen LogP contribution in [0.15, 0.2) is 24.3 Å². The summed E-state index contributed by atoms with van der Waals surface area (Å²) in [6.45, 7) is 8.28. The van der Waals surface area contributed by atoms with Gasteiger partial charge in [0, 0.05) is 44.2 Å². The number of carbonyl (C=O) groups is 3. The number of hydrogen-bond acceptors (Lipinski definition) is 5. The number of rotatable bonds is 8. The third kappa shape index (κ3) is 7.51. The Morgan fingerprint density at radius 1 is 0.976 bits per heavy atom. The molecule has 4 fully saturated rings. The van der Waals surface area contributed by atoms with Crippen LogP contribution < -0.4 is 21.3 Å². The Hall–Kier alpha value is -2.52. The van der Waals surface area contributed by atoms with E-state index in [1.165, 1.54) is 31.4 Å². The highest BCUT2D eigenvalue weighted by Crippen LogP contribution is 2.46. The molecule has 1 aromatic rings. The SMILES string of the molecule is CC(C)(C)NC(=O)C1(C2CCCCC2)CCN(C(=O)[C@@H](Cc2ccc(F)cc2)NC(=O)[C@@H]2CN[C@@H](C3CC3)CN2)CC1. The molecule has 4 N–H and O–H groups in total. The summed E-state index contributed by atoms with van der Waals surface area (Å²) in [5.74, 6) is 0.461. The molecule has 3 atom stereocenters. The average Bonchev–Trinajstić information content (AvgIpc) is 3.83. The van der Waals surface area contributed by atoms with Crippen LogP contribution >= 0.6 is 0 Å². The van der Waals surface area contributed by atoms with Crippen LogP contribution in [0.3, 0.4) is 0 Å². The monoisotopic (exact) mass is 583 g/mol. The van der Waals surface area contributed by atoms with Crippen molar-refractivity contribution < 1.29 is 18.8 Å². The quantitative estimate of drug-likeness (QED) is 0.376. The van der Waals surface area contributed by atoms with E-state index in [4.69, 9.17) is 0 Å². The maximum absolute atomic E-state index is 14.0. The molecule has 0 radical (unpaired) electrons. The lowest BCUT2D eigenvalue weighted by molar-refractivity contribution is -0.147. The van der Waals surface area contributed by atoms with Crippen LogP contribution in [-0.4, -0.2) is 72.5 Å². The number of benzene rings is 1. The van der Waals surface area contributed by atoms with Crippen molar-refractivity contribution >= 4 is 17.7 Å². The standard InChI is InChI=1S/C33H50FN5O3/c1-32(2,3)38-31(42)33(24-7-5-4-6-8-24)15-17-39(18-16-33)30(41)26(19-22-9-13-25(34)14-10-22)37-29(40)28-21-35-27(20-36-28)23-11-12-23/h9-10,13-14,23-24,26-28,35-36H,4-8,11-12,15-21H2,1-3H3,(H,37,40)(H,38,42)/t26-,27-,28+/m1/s1. The van der Waals surface area contributed by atoms with E-state index in [1.807, 2.05) is 25.7 Å². The van der Waals surface area contributed by atoms with Crippen LogP contribution in [0.2, 0.25) is 0 Å². The summed E-state index contributed by atoms with van der Waals surface area (Å²) in [5.41, 5.74) is -0.0101. The third-order valence-corrected chi connectivity index (χ3v) is 9.94. The Balaban J connectivity index is 1.28. The molecule has 3 amide bonds. The summed E-state index contributed by atoms with van der Waals surface area (Å²) in [6.07, 6.45) is 9.63. The maximum atomic E-state index is 14.0. The zero-order valence-corrected chi connectivity index (χ0v) is 25.6. The zero-order valence-electron chi connectivity index (χ0n) is 25.6. The van der Waals surface area contributed by atoms with Crippen molar-refractivity contribution in [2.45, 2.75) is 109 Å². The molecule has 2 heterocycles. The van der Waals surface area contributed by atoms with Crippen molar-refractivity contribution in [1.29, 1.82) is 0 Å². The van der Waals surface area contributed by atoms with Crippen LogP contribution in [0.5, 0.6) is 0 Å². The largest absolute Gasteiger partial charge is 0.351 e. The van der Waals surface area contributed by atoms with Crippen molar-refractivity contribution in [2.24, 2.45) is 17.3 Å². The van der Waals surface area contributed by atoms with Gasteiger partial charge in [-0.2, -0.15) is 0 Å². The lowest BCUT2D eigenvalue weighted by Crippen LogP contribution is -2.63. The highest BCUT2D eigenvalue weighted by molar-refractivity contribution is 5.90. The lowest BCUT2D eigenvalue weighted by Gasteiger charge is -2.48. The molecule has 1 aromatic carbocycles. The molecule has 0 spiro atoms. The van der Waals surface area contributed by atoms with E-state index in [9.17, 15) is 18.8 Å². The van der Waals surface area contributed by atoms with Gasteiger partial charge in [0.05, 0.1) is 11.5 Å². The average molecular weight is 584 g/mol. The summed E-state index contributed by atoms with van der Waals surface area (Å²) in [7, 11) is 0. The molecule has 0 bridgehead atoms. The fraction of sp³-hybridized carbons (Fsp3) is 0.727. The molecule has 42 heavy (non-hydrogen) atoms. The van der Waals surface area contributed by atoms with Gasteiger partial charge in [-0.25, -0.2) is 4.39 Å². The van der Waals surface area contributed by atoms with Crippen LogP contribution in [0.25, 0.3) is 0 Å². The number of piperazine rings is 1. The van der Waals surface area contributed by atoms with Crippen LogP contribution in [0, 0.1) is 23.1 Å². The van der Waals surface area contributed by atoms with Gasteiger partial charge >= 0.3 is 0 Å². The first-order chi connectivity index (χ1) is 20.0. The molecule has 0 unspecified atom stereocenters. The van der Waals surface area contributed by atoms with Gasteiger partial charge in [0.1, 0.15) is 11.9 Å². The number of nitrogens with one attached hydrogen (secondary N) is 4. The molecule has 5 rings (SSSR count). The van der Waals surface area contributed by atoms with E-state index in [0.29, 0.717) is 50.4 Å². The zero-order chi connectivity index (χ0) is 29.9. The highest BCUT2D eigenvalue weighted by Gasteiger charge is 2.49. The minimum atomic E-state index is -0.767. The number of likely N-dealkylation sites (tertiary alicyclic amines) is 1. The second-order valence-corrected chi connectivity index (χ2v) is 14.2. The molecule has 0 aromatic heterocycles. The van der Waals surface area contributed by atoms with E-state index in [0.717, 1.165) is 37.8 Å². The number of piperidine rings is 1. The van der Waals surface area contributed by atoms with Gasteiger partial charge in [-0.3, -0.25) is 14.4 Å². The second-order valence-electron chi connectivity index (χ2n) is 14.2. The predicted octanol–water partition coefficient (Wildman–Crippen LogP) is 3.30. The number of halogens is 1. The molecule has 2 aliphatic carbocycles. The summed E-state index contributed by atoms with van der Waals surface area (Å²) in [5, 5.41) is 13.2. The van der Waals surface area contributed by atoms with Crippen LogP contribution in [-0.2, 0) is 20.8 Å². The summed E-state index contributed by atoms with van der Waals surface area (Å²) < 4.78 is 13.6. The summed E-state index contributed by atoms with van der Waals surface area (Å²) in [6, 6.07) is 5.33. The first kappa shape index (κ1) is 30.9. The maximum Gasteiger partial charge on any atom is 0.245 e. The van der Waals surface area contributed by atoms with Crippen molar-refractivity contribution in [3.05, 3.63) is 35.6 Å². The molecule has 2 aliphatic heterocycles. The van der Waals surface area contributed by atoms with Crippen molar-refractivity contribution in [2.75, 3.05) is 26.2 Å². The second kappa shape index (κ2) is 13.0. The van der Waals surface area contributed by atoms with E-state index < -0.39 is 17.5 Å². The Labute approximate surface area is 250 Å². The van der Waals surface area contributed by atoms with Gasteiger partial charge < -0.3 is 26.2 Å². The Morgan fingerprint density at radius 3 is 2.21 bits per heavy atom. The fourth-order valence-corrected chi connectivity index (χ4v) is 7.32. The first-order valence-electron chi connectivity index (χ1n) is 16.2. The minimum Gasteiger partial charge on any atom is -0.351 e. The topological polar surface area (TPSA) is 103 Å². The van der Waals surface area contributed by atoms with Gasteiger partial charge in [0.25, 0.3) is 0 Å². The molecule has 2 saturated heterocycles.